The first-order valence-electron chi connectivity index (χ1n) is 10.6. The van der Waals surface area contributed by atoms with Crippen molar-refractivity contribution in [2.75, 3.05) is 6.61 Å². The summed E-state index contributed by atoms with van der Waals surface area (Å²) in [6, 6.07) is 14.5. The van der Waals surface area contributed by atoms with Crippen LogP contribution in [0.3, 0.4) is 0 Å². The molecule has 1 fully saturated rings. The Labute approximate surface area is 174 Å². The largest absolute Gasteiger partial charge is 0.490 e. The Bertz CT molecular complexity index is 726. The summed E-state index contributed by atoms with van der Waals surface area (Å²) in [5.41, 5.74) is 2.12. The third kappa shape index (κ3) is 6.15. The molecule has 0 unspecified atom stereocenters. The smallest absolute Gasteiger partial charge is 0.166 e. The third-order valence-electron chi connectivity index (χ3n) is 5.38. The fraction of sp³-hybridized carbons (Fsp3) is 0.500. The van der Waals surface area contributed by atoms with Crippen LogP contribution in [-0.4, -0.2) is 12.6 Å². The van der Waals surface area contributed by atoms with Gasteiger partial charge < -0.3 is 14.8 Å². The summed E-state index contributed by atoms with van der Waals surface area (Å²) in [6.45, 7) is 3.84. The van der Waals surface area contributed by atoms with Crippen molar-refractivity contribution in [3.63, 3.8) is 0 Å². The molecule has 0 aliphatic heterocycles. The van der Waals surface area contributed by atoms with Crippen LogP contribution >= 0.6 is 11.6 Å². The first kappa shape index (κ1) is 21.0. The number of benzene rings is 2. The van der Waals surface area contributed by atoms with Crippen LogP contribution in [0.1, 0.15) is 63.0 Å². The molecule has 152 valence electrons. The molecule has 0 bridgehead atoms. The number of para-hydroxylation sites is 1. The second-order valence-electron chi connectivity index (χ2n) is 7.48. The zero-order valence-electron chi connectivity index (χ0n) is 16.9. The average molecular weight is 402 g/mol. The zero-order chi connectivity index (χ0) is 19.6. The number of hydrogen-bond acceptors (Lipinski definition) is 3. The maximum absolute atomic E-state index is 6.30. The van der Waals surface area contributed by atoms with Gasteiger partial charge in [-0.05, 0) is 31.9 Å². The Morgan fingerprint density at radius 1 is 0.893 bits per heavy atom. The molecule has 0 atom stereocenters. The van der Waals surface area contributed by atoms with E-state index in [4.69, 9.17) is 21.1 Å². The van der Waals surface area contributed by atoms with Crippen LogP contribution < -0.4 is 14.8 Å². The van der Waals surface area contributed by atoms with Crippen molar-refractivity contribution in [1.29, 1.82) is 0 Å². The van der Waals surface area contributed by atoms with Gasteiger partial charge in [-0.15, -0.1) is 0 Å². The van der Waals surface area contributed by atoms with E-state index < -0.39 is 0 Å². The van der Waals surface area contributed by atoms with Gasteiger partial charge in [0.05, 0.1) is 6.61 Å². The number of nitrogens with one attached hydrogen (secondary N) is 1. The SMILES string of the molecule is CCOc1cccc(CNC2CCCCCCC2)c1OCc1ccccc1Cl. The van der Waals surface area contributed by atoms with E-state index in [1.165, 1.54) is 44.9 Å². The van der Waals surface area contributed by atoms with E-state index in [0.717, 1.165) is 34.2 Å². The Balaban J connectivity index is 1.70. The van der Waals surface area contributed by atoms with E-state index in [0.29, 0.717) is 19.3 Å². The van der Waals surface area contributed by atoms with Crippen LogP contribution in [0.2, 0.25) is 5.02 Å². The second kappa shape index (κ2) is 11.3. The highest BCUT2D eigenvalue weighted by Crippen LogP contribution is 2.33. The van der Waals surface area contributed by atoms with Crippen LogP contribution in [0.15, 0.2) is 42.5 Å². The lowest BCUT2D eigenvalue weighted by Crippen LogP contribution is -2.29. The quantitative estimate of drug-likeness (QED) is 0.546. The molecule has 0 radical (unpaired) electrons. The van der Waals surface area contributed by atoms with Crippen molar-refractivity contribution < 1.29 is 9.47 Å². The molecule has 4 heteroatoms. The fourth-order valence-corrected chi connectivity index (χ4v) is 4.00. The van der Waals surface area contributed by atoms with Gasteiger partial charge in [-0.1, -0.05) is 74.0 Å². The van der Waals surface area contributed by atoms with Gasteiger partial charge in [0.25, 0.3) is 0 Å². The van der Waals surface area contributed by atoms with Crippen molar-refractivity contribution in [3.05, 3.63) is 58.6 Å². The molecule has 3 rings (SSSR count). The van der Waals surface area contributed by atoms with Gasteiger partial charge in [0.2, 0.25) is 0 Å². The maximum atomic E-state index is 6.30. The highest BCUT2D eigenvalue weighted by atomic mass is 35.5. The van der Waals surface area contributed by atoms with Crippen molar-refractivity contribution in [1.82, 2.24) is 5.32 Å². The molecule has 2 aromatic rings. The maximum Gasteiger partial charge on any atom is 0.166 e. The van der Waals surface area contributed by atoms with Gasteiger partial charge in [-0.3, -0.25) is 0 Å². The highest BCUT2D eigenvalue weighted by molar-refractivity contribution is 6.31. The molecule has 1 N–H and O–H groups in total. The Morgan fingerprint density at radius 2 is 1.61 bits per heavy atom. The summed E-state index contributed by atoms with van der Waals surface area (Å²) in [7, 11) is 0. The minimum Gasteiger partial charge on any atom is -0.490 e. The summed E-state index contributed by atoms with van der Waals surface area (Å²) in [5.74, 6) is 1.62. The molecule has 0 amide bonds. The minimum atomic E-state index is 0.431. The lowest BCUT2D eigenvalue weighted by molar-refractivity contribution is 0.265. The Morgan fingerprint density at radius 3 is 2.36 bits per heavy atom. The molecule has 0 saturated heterocycles. The molecule has 0 spiro atoms. The first-order chi connectivity index (χ1) is 13.8. The molecular weight excluding hydrogens is 370 g/mol. The third-order valence-corrected chi connectivity index (χ3v) is 5.75. The summed E-state index contributed by atoms with van der Waals surface area (Å²) in [4.78, 5) is 0. The molecule has 1 saturated carbocycles. The Kier molecular flexibility index (Phi) is 8.50. The summed E-state index contributed by atoms with van der Waals surface area (Å²) < 4.78 is 12.1. The molecule has 1 aliphatic carbocycles. The number of hydrogen-bond donors (Lipinski definition) is 1. The minimum absolute atomic E-state index is 0.431. The summed E-state index contributed by atoms with van der Waals surface area (Å²) in [6.07, 6.45) is 9.30. The standard InChI is InChI=1S/C24H32ClNO2/c1-2-27-23-16-10-12-19(17-26-21-13-6-4-3-5-7-14-21)24(23)28-18-20-11-8-9-15-22(20)25/h8-12,15-16,21,26H,2-7,13-14,17-18H2,1H3. The molecule has 3 nitrogen and oxygen atoms in total. The fourth-order valence-electron chi connectivity index (χ4n) is 3.81. The van der Waals surface area contributed by atoms with E-state index in [9.17, 15) is 0 Å². The summed E-state index contributed by atoms with van der Waals surface area (Å²) in [5, 5.41) is 4.49. The van der Waals surface area contributed by atoms with Gasteiger partial charge in [-0.2, -0.15) is 0 Å². The second-order valence-corrected chi connectivity index (χ2v) is 7.89. The summed E-state index contributed by atoms with van der Waals surface area (Å²) >= 11 is 6.30. The lowest BCUT2D eigenvalue weighted by atomic mass is 9.96. The molecule has 28 heavy (non-hydrogen) atoms. The molecular formula is C24H32ClNO2. The molecule has 0 heterocycles. The van der Waals surface area contributed by atoms with E-state index in [1.807, 2.05) is 43.3 Å². The van der Waals surface area contributed by atoms with E-state index >= 15 is 0 Å². The van der Waals surface area contributed by atoms with Crippen molar-refractivity contribution in [2.45, 2.75) is 71.1 Å². The predicted octanol–water partition coefficient (Wildman–Crippen LogP) is 6.52. The van der Waals surface area contributed by atoms with Crippen LogP contribution in [0.25, 0.3) is 0 Å². The topological polar surface area (TPSA) is 30.5 Å². The van der Waals surface area contributed by atoms with Crippen LogP contribution in [0, 0.1) is 0 Å². The Hall–Kier alpha value is -1.71. The van der Waals surface area contributed by atoms with Crippen molar-refractivity contribution in [2.24, 2.45) is 0 Å². The highest BCUT2D eigenvalue weighted by Gasteiger charge is 2.15. The van der Waals surface area contributed by atoms with E-state index in [1.54, 1.807) is 0 Å². The zero-order valence-corrected chi connectivity index (χ0v) is 17.6. The number of rotatable bonds is 8. The normalized spacial score (nSPS) is 15.6. The van der Waals surface area contributed by atoms with Crippen LogP contribution in [0.4, 0.5) is 0 Å². The average Bonchev–Trinajstić information content (AvgIpc) is 2.68. The van der Waals surface area contributed by atoms with Crippen molar-refractivity contribution in [3.8, 4) is 11.5 Å². The molecule has 0 aromatic heterocycles. The predicted molar refractivity (Wildman–Crippen MR) is 116 cm³/mol. The monoisotopic (exact) mass is 401 g/mol. The van der Waals surface area contributed by atoms with Crippen LogP contribution in [0.5, 0.6) is 11.5 Å². The first-order valence-corrected chi connectivity index (χ1v) is 11.0. The van der Waals surface area contributed by atoms with E-state index in [2.05, 4.69) is 11.4 Å². The number of ether oxygens (including phenoxy) is 2. The van der Waals surface area contributed by atoms with Gasteiger partial charge >= 0.3 is 0 Å². The van der Waals surface area contributed by atoms with Crippen LogP contribution in [-0.2, 0) is 13.2 Å². The molecule has 2 aromatic carbocycles. The van der Waals surface area contributed by atoms with Gasteiger partial charge in [0.1, 0.15) is 6.61 Å². The molecule has 1 aliphatic rings. The van der Waals surface area contributed by atoms with Gasteiger partial charge in [-0.25, -0.2) is 0 Å². The van der Waals surface area contributed by atoms with Gasteiger partial charge in [0.15, 0.2) is 11.5 Å². The number of halogens is 1. The van der Waals surface area contributed by atoms with E-state index in [-0.39, 0.29) is 0 Å². The van der Waals surface area contributed by atoms with Crippen molar-refractivity contribution >= 4 is 11.6 Å². The lowest BCUT2D eigenvalue weighted by Gasteiger charge is -2.22. The van der Waals surface area contributed by atoms with Gasteiger partial charge in [0, 0.05) is 28.7 Å².